The molecular weight excluding hydrogens is 234 g/mol. The molecule has 1 aliphatic rings. The Hall–Kier alpha value is -0.940. The number of aromatic nitrogens is 1. The lowest BCUT2D eigenvalue weighted by Crippen LogP contribution is -2.34. The Labute approximate surface area is 106 Å². The summed E-state index contributed by atoms with van der Waals surface area (Å²) >= 11 is 1.57. The standard InChI is InChI=1S/C12H19N3OS/c1-15(7-11-8-17-9-14-11)12(16)5-10-3-2-4-13-6-10/h8-10,13H,2-7H2,1H3. The minimum absolute atomic E-state index is 0.228. The molecule has 1 N–H and O–H groups in total. The molecule has 0 saturated carbocycles. The van der Waals surface area contributed by atoms with Crippen LogP contribution in [0.1, 0.15) is 25.0 Å². The summed E-state index contributed by atoms with van der Waals surface area (Å²) in [4.78, 5) is 18.0. The number of rotatable bonds is 4. The van der Waals surface area contributed by atoms with Crippen LogP contribution in [0.25, 0.3) is 0 Å². The highest BCUT2D eigenvalue weighted by atomic mass is 32.1. The van der Waals surface area contributed by atoms with Gasteiger partial charge in [-0.2, -0.15) is 0 Å². The molecule has 1 fully saturated rings. The first-order valence-electron chi connectivity index (χ1n) is 6.07. The van der Waals surface area contributed by atoms with Crippen LogP contribution in [0.15, 0.2) is 10.9 Å². The summed E-state index contributed by atoms with van der Waals surface area (Å²) in [6.07, 6.45) is 3.02. The largest absolute Gasteiger partial charge is 0.340 e. The van der Waals surface area contributed by atoms with Crippen LogP contribution >= 0.6 is 11.3 Å². The minimum Gasteiger partial charge on any atom is -0.340 e. The number of thiazole rings is 1. The molecule has 1 aromatic heterocycles. The van der Waals surface area contributed by atoms with Crippen molar-refractivity contribution in [2.45, 2.75) is 25.8 Å². The van der Waals surface area contributed by atoms with Gasteiger partial charge in [0.25, 0.3) is 0 Å². The zero-order valence-electron chi connectivity index (χ0n) is 10.2. The molecular formula is C12H19N3OS. The molecule has 1 aliphatic heterocycles. The summed E-state index contributed by atoms with van der Waals surface area (Å²) in [5, 5.41) is 5.34. The molecule has 2 heterocycles. The van der Waals surface area contributed by atoms with E-state index in [4.69, 9.17) is 0 Å². The molecule has 0 bridgehead atoms. The SMILES string of the molecule is CN(Cc1cscn1)C(=O)CC1CCCNC1. The fourth-order valence-corrected chi connectivity index (χ4v) is 2.70. The van der Waals surface area contributed by atoms with Crippen molar-refractivity contribution in [3.05, 3.63) is 16.6 Å². The number of hydrogen-bond acceptors (Lipinski definition) is 4. The number of carbonyl (C=O) groups is 1. The molecule has 1 amide bonds. The summed E-state index contributed by atoms with van der Waals surface area (Å²) in [5.74, 6) is 0.737. The Morgan fingerprint density at radius 2 is 2.59 bits per heavy atom. The van der Waals surface area contributed by atoms with E-state index in [2.05, 4.69) is 10.3 Å². The number of amides is 1. The van der Waals surface area contributed by atoms with Crippen molar-refractivity contribution in [2.24, 2.45) is 5.92 Å². The molecule has 1 unspecified atom stereocenters. The summed E-state index contributed by atoms with van der Waals surface area (Å²) in [7, 11) is 1.86. The second kappa shape index (κ2) is 6.12. The van der Waals surface area contributed by atoms with Crippen molar-refractivity contribution in [1.82, 2.24) is 15.2 Å². The third-order valence-electron chi connectivity index (χ3n) is 3.17. The highest BCUT2D eigenvalue weighted by Crippen LogP contribution is 2.15. The summed E-state index contributed by atoms with van der Waals surface area (Å²) in [6.45, 7) is 2.71. The van der Waals surface area contributed by atoms with E-state index in [1.807, 2.05) is 12.4 Å². The topological polar surface area (TPSA) is 45.2 Å². The molecule has 17 heavy (non-hydrogen) atoms. The van der Waals surface area contributed by atoms with Crippen molar-refractivity contribution < 1.29 is 4.79 Å². The van der Waals surface area contributed by atoms with Gasteiger partial charge in [-0.05, 0) is 31.8 Å². The van der Waals surface area contributed by atoms with Crippen LogP contribution < -0.4 is 5.32 Å². The lowest BCUT2D eigenvalue weighted by Gasteiger charge is -2.24. The van der Waals surface area contributed by atoms with Crippen molar-refractivity contribution in [1.29, 1.82) is 0 Å². The summed E-state index contributed by atoms with van der Waals surface area (Å²) in [6, 6.07) is 0. The number of hydrogen-bond donors (Lipinski definition) is 1. The summed E-state index contributed by atoms with van der Waals surface area (Å²) in [5.41, 5.74) is 2.78. The Bertz CT molecular complexity index is 347. The number of piperidine rings is 1. The molecule has 0 aliphatic carbocycles. The van der Waals surface area contributed by atoms with E-state index < -0.39 is 0 Å². The van der Waals surface area contributed by atoms with E-state index in [0.717, 1.165) is 18.8 Å². The van der Waals surface area contributed by atoms with Gasteiger partial charge in [0, 0.05) is 18.8 Å². The van der Waals surface area contributed by atoms with Crippen LogP contribution in [0.3, 0.4) is 0 Å². The maximum atomic E-state index is 12.0. The van der Waals surface area contributed by atoms with Crippen molar-refractivity contribution in [3.8, 4) is 0 Å². The monoisotopic (exact) mass is 253 g/mol. The van der Waals surface area contributed by atoms with Crippen LogP contribution in [-0.2, 0) is 11.3 Å². The Morgan fingerprint density at radius 3 is 3.24 bits per heavy atom. The molecule has 94 valence electrons. The second-order valence-electron chi connectivity index (χ2n) is 4.65. The van der Waals surface area contributed by atoms with Crippen LogP contribution in [0.4, 0.5) is 0 Å². The Morgan fingerprint density at radius 1 is 1.71 bits per heavy atom. The van der Waals surface area contributed by atoms with Crippen LogP contribution in [0, 0.1) is 5.92 Å². The van der Waals surface area contributed by atoms with Gasteiger partial charge >= 0.3 is 0 Å². The molecule has 0 aromatic carbocycles. The highest BCUT2D eigenvalue weighted by molar-refractivity contribution is 7.07. The Balaban J connectivity index is 1.78. The van der Waals surface area contributed by atoms with E-state index >= 15 is 0 Å². The van der Waals surface area contributed by atoms with Gasteiger partial charge < -0.3 is 10.2 Å². The first kappa shape index (κ1) is 12.5. The van der Waals surface area contributed by atoms with Gasteiger partial charge in [0.05, 0.1) is 17.7 Å². The molecule has 1 atom stereocenters. The van der Waals surface area contributed by atoms with Gasteiger partial charge in [-0.3, -0.25) is 4.79 Å². The average Bonchev–Trinajstić information content (AvgIpc) is 2.83. The number of carbonyl (C=O) groups excluding carboxylic acids is 1. The quantitative estimate of drug-likeness (QED) is 0.884. The third kappa shape index (κ3) is 3.78. The van der Waals surface area contributed by atoms with Crippen molar-refractivity contribution >= 4 is 17.2 Å². The predicted molar refractivity (Wildman–Crippen MR) is 68.8 cm³/mol. The first-order valence-corrected chi connectivity index (χ1v) is 7.01. The van der Waals surface area contributed by atoms with Crippen LogP contribution in [0.5, 0.6) is 0 Å². The molecule has 4 nitrogen and oxygen atoms in total. The maximum Gasteiger partial charge on any atom is 0.222 e. The van der Waals surface area contributed by atoms with Gasteiger partial charge in [0.15, 0.2) is 0 Å². The zero-order valence-corrected chi connectivity index (χ0v) is 11.0. The summed E-state index contributed by atoms with van der Waals surface area (Å²) < 4.78 is 0. The first-order chi connectivity index (χ1) is 8.25. The average molecular weight is 253 g/mol. The fourth-order valence-electron chi connectivity index (χ4n) is 2.15. The van der Waals surface area contributed by atoms with E-state index in [0.29, 0.717) is 18.9 Å². The predicted octanol–water partition coefficient (Wildman–Crippen LogP) is 1.49. The van der Waals surface area contributed by atoms with E-state index in [-0.39, 0.29) is 5.91 Å². The molecule has 0 radical (unpaired) electrons. The van der Waals surface area contributed by atoms with Gasteiger partial charge in [0.1, 0.15) is 0 Å². The lowest BCUT2D eigenvalue weighted by atomic mass is 9.96. The molecule has 1 saturated heterocycles. The van der Waals surface area contributed by atoms with Crippen molar-refractivity contribution in [3.63, 3.8) is 0 Å². The lowest BCUT2D eigenvalue weighted by molar-refractivity contribution is -0.131. The molecule has 5 heteroatoms. The van der Waals surface area contributed by atoms with E-state index in [1.165, 1.54) is 12.8 Å². The van der Waals surface area contributed by atoms with Gasteiger partial charge in [0.2, 0.25) is 5.91 Å². The zero-order chi connectivity index (χ0) is 12.1. The smallest absolute Gasteiger partial charge is 0.222 e. The molecule has 1 aromatic rings. The second-order valence-corrected chi connectivity index (χ2v) is 5.36. The molecule has 0 spiro atoms. The number of nitrogens with zero attached hydrogens (tertiary/aromatic N) is 2. The maximum absolute atomic E-state index is 12.0. The number of nitrogens with one attached hydrogen (secondary N) is 1. The van der Waals surface area contributed by atoms with Gasteiger partial charge in [-0.25, -0.2) is 4.98 Å². The minimum atomic E-state index is 0.228. The van der Waals surface area contributed by atoms with E-state index in [1.54, 1.807) is 21.7 Å². The van der Waals surface area contributed by atoms with Gasteiger partial charge in [-0.15, -0.1) is 11.3 Å². The highest BCUT2D eigenvalue weighted by Gasteiger charge is 2.19. The van der Waals surface area contributed by atoms with Crippen molar-refractivity contribution in [2.75, 3.05) is 20.1 Å². The fraction of sp³-hybridized carbons (Fsp3) is 0.667. The Kier molecular flexibility index (Phi) is 4.50. The van der Waals surface area contributed by atoms with E-state index in [9.17, 15) is 4.79 Å². The van der Waals surface area contributed by atoms with Crippen LogP contribution in [-0.4, -0.2) is 35.9 Å². The molecule has 2 rings (SSSR count). The third-order valence-corrected chi connectivity index (χ3v) is 3.81. The normalized spacial score (nSPS) is 20.2. The van der Waals surface area contributed by atoms with Crippen LogP contribution in [0.2, 0.25) is 0 Å². The van der Waals surface area contributed by atoms with Gasteiger partial charge in [-0.1, -0.05) is 0 Å².